The Morgan fingerprint density at radius 2 is 2.18 bits per heavy atom. The second-order valence-corrected chi connectivity index (χ2v) is 4.78. The smallest absolute Gasteiger partial charge is 0.124 e. The first-order chi connectivity index (χ1) is 8.26. The highest BCUT2D eigenvalue weighted by Crippen LogP contribution is 2.16. The molecular formula is C14H17FOS. The second-order valence-electron chi connectivity index (χ2n) is 3.68. The Balaban J connectivity index is 2.69. The summed E-state index contributed by atoms with van der Waals surface area (Å²) in [5.41, 5.74) is 1.65. The molecule has 0 aliphatic heterocycles. The standard InChI is InChI=1S/C14H17FOS/c1-2-7-17-11-13-8-12(5-3-4-6-16)9-14(15)10-13/h8-10,16H,2,4,6-7,11H2,1H3. The van der Waals surface area contributed by atoms with Gasteiger partial charge in [-0.15, -0.1) is 0 Å². The third-order valence-corrected chi connectivity index (χ3v) is 3.28. The van der Waals surface area contributed by atoms with Gasteiger partial charge in [-0.05, 0) is 35.9 Å². The van der Waals surface area contributed by atoms with Crippen LogP contribution in [0.5, 0.6) is 0 Å². The second kappa shape index (κ2) is 8.16. The van der Waals surface area contributed by atoms with Crippen molar-refractivity contribution < 1.29 is 9.50 Å². The molecule has 0 spiro atoms. The average molecular weight is 252 g/mol. The number of benzene rings is 1. The van der Waals surface area contributed by atoms with Crippen molar-refractivity contribution in [3.63, 3.8) is 0 Å². The zero-order valence-corrected chi connectivity index (χ0v) is 10.8. The predicted molar refractivity (Wildman–Crippen MR) is 71.4 cm³/mol. The molecule has 0 atom stereocenters. The summed E-state index contributed by atoms with van der Waals surface area (Å²) in [5.74, 6) is 7.32. The van der Waals surface area contributed by atoms with Crippen LogP contribution in [0, 0.1) is 17.7 Å². The molecule has 0 saturated carbocycles. The monoisotopic (exact) mass is 252 g/mol. The third kappa shape index (κ3) is 5.76. The first-order valence-corrected chi connectivity index (χ1v) is 6.88. The van der Waals surface area contributed by atoms with Gasteiger partial charge in [0.25, 0.3) is 0 Å². The van der Waals surface area contributed by atoms with E-state index in [1.807, 2.05) is 6.07 Å². The molecule has 1 N–H and O–H groups in total. The number of aliphatic hydroxyl groups excluding tert-OH is 1. The van der Waals surface area contributed by atoms with Gasteiger partial charge in [0, 0.05) is 17.7 Å². The van der Waals surface area contributed by atoms with Crippen molar-refractivity contribution in [2.45, 2.75) is 25.5 Å². The maximum atomic E-state index is 13.3. The van der Waals surface area contributed by atoms with E-state index in [0.29, 0.717) is 12.0 Å². The van der Waals surface area contributed by atoms with Gasteiger partial charge in [0.2, 0.25) is 0 Å². The lowest BCUT2D eigenvalue weighted by Gasteiger charge is -2.02. The van der Waals surface area contributed by atoms with Crippen molar-refractivity contribution >= 4 is 11.8 Å². The van der Waals surface area contributed by atoms with Crippen molar-refractivity contribution in [3.05, 3.63) is 35.1 Å². The molecule has 1 nitrogen and oxygen atoms in total. The molecule has 1 aromatic rings. The van der Waals surface area contributed by atoms with E-state index in [4.69, 9.17) is 5.11 Å². The quantitative estimate of drug-likeness (QED) is 0.641. The van der Waals surface area contributed by atoms with Crippen LogP contribution in [-0.2, 0) is 5.75 Å². The molecule has 1 aromatic carbocycles. The number of halogens is 1. The zero-order chi connectivity index (χ0) is 12.5. The van der Waals surface area contributed by atoms with Gasteiger partial charge in [0.15, 0.2) is 0 Å². The van der Waals surface area contributed by atoms with Crippen LogP contribution >= 0.6 is 11.8 Å². The van der Waals surface area contributed by atoms with Crippen LogP contribution in [0.3, 0.4) is 0 Å². The van der Waals surface area contributed by atoms with E-state index in [1.165, 1.54) is 6.07 Å². The molecule has 0 aliphatic rings. The summed E-state index contributed by atoms with van der Waals surface area (Å²) >= 11 is 1.80. The zero-order valence-electron chi connectivity index (χ0n) is 10.0. The molecule has 0 aromatic heterocycles. The molecular weight excluding hydrogens is 235 g/mol. The Hall–Kier alpha value is -0.980. The van der Waals surface area contributed by atoms with Crippen LogP contribution in [0.1, 0.15) is 30.9 Å². The molecule has 0 bridgehead atoms. The maximum Gasteiger partial charge on any atom is 0.124 e. The van der Waals surface area contributed by atoms with Crippen molar-refractivity contribution in [3.8, 4) is 11.8 Å². The molecule has 0 heterocycles. The molecule has 0 unspecified atom stereocenters. The van der Waals surface area contributed by atoms with Gasteiger partial charge in [-0.2, -0.15) is 11.8 Å². The first kappa shape index (κ1) is 14.1. The van der Waals surface area contributed by atoms with Crippen LogP contribution in [0.25, 0.3) is 0 Å². The summed E-state index contributed by atoms with van der Waals surface area (Å²) in [4.78, 5) is 0. The van der Waals surface area contributed by atoms with Gasteiger partial charge in [0.1, 0.15) is 5.82 Å². The van der Waals surface area contributed by atoms with Crippen LogP contribution in [0.4, 0.5) is 4.39 Å². The van der Waals surface area contributed by atoms with Gasteiger partial charge in [-0.1, -0.05) is 18.8 Å². The van der Waals surface area contributed by atoms with Crippen molar-refractivity contribution in [1.29, 1.82) is 0 Å². The lowest BCUT2D eigenvalue weighted by Crippen LogP contribution is -1.88. The van der Waals surface area contributed by atoms with Crippen LogP contribution < -0.4 is 0 Å². The number of aliphatic hydroxyl groups is 1. The van der Waals surface area contributed by atoms with Gasteiger partial charge in [-0.25, -0.2) is 4.39 Å². The Kier molecular flexibility index (Phi) is 6.76. The Labute approximate surface area is 106 Å². The van der Waals surface area contributed by atoms with Crippen molar-refractivity contribution in [2.75, 3.05) is 12.4 Å². The highest BCUT2D eigenvalue weighted by Gasteiger charge is 1.99. The molecule has 92 valence electrons. The van der Waals surface area contributed by atoms with E-state index < -0.39 is 0 Å². The summed E-state index contributed by atoms with van der Waals surface area (Å²) in [7, 11) is 0. The van der Waals surface area contributed by atoms with Crippen LogP contribution in [-0.4, -0.2) is 17.5 Å². The van der Waals surface area contributed by atoms with E-state index in [2.05, 4.69) is 18.8 Å². The lowest BCUT2D eigenvalue weighted by atomic mass is 10.1. The molecule has 3 heteroatoms. The van der Waals surface area contributed by atoms with Crippen LogP contribution in [0.15, 0.2) is 18.2 Å². The molecule has 0 saturated heterocycles. The SMILES string of the molecule is CCCSCc1cc(F)cc(C#CCCO)c1. The Morgan fingerprint density at radius 3 is 2.88 bits per heavy atom. The number of hydrogen-bond donors (Lipinski definition) is 1. The minimum Gasteiger partial charge on any atom is -0.395 e. The minimum atomic E-state index is -0.243. The summed E-state index contributed by atoms with van der Waals surface area (Å²) < 4.78 is 13.3. The average Bonchev–Trinajstić information content (AvgIpc) is 2.29. The summed E-state index contributed by atoms with van der Waals surface area (Å²) in [6.45, 7) is 2.17. The Morgan fingerprint density at radius 1 is 1.35 bits per heavy atom. The van der Waals surface area contributed by atoms with Crippen molar-refractivity contribution in [1.82, 2.24) is 0 Å². The summed E-state index contributed by atoms with van der Waals surface area (Å²) in [6.07, 6.45) is 1.56. The van der Waals surface area contributed by atoms with E-state index in [1.54, 1.807) is 17.8 Å². The predicted octanol–water partition coefficient (Wildman–Crippen LogP) is 3.20. The lowest BCUT2D eigenvalue weighted by molar-refractivity contribution is 0.305. The largest absolute Gasteiger partial charge is 0.395 e. The number of rotatable bonds is 5. The molecule has 0 radical (unpaired) electrons. The normalized spacial score (nSPS) is 9.82. The van der Waals surface area contributed by atoms with E-state index in [0.717, 1.165) is 23.5 Å². The summed E-state index contributed by atoms with van der Waals surface area (Å²) in [5, 5.41) is 8.62. The summed E-state index contributed by atoms with van der Waals surface area (Å²) in [6, 6.07) is 4.90. The van der Waals surface area contributed by atoms with Gasteiger partial charge in [-0.3, -0.25) is 0 Å². The fourth-order valence-electron chi connectivity index (χ4n) is 1.36. The molecule has 0 fully saturated rings. The van der Waals surface area contributed by atoms with E-state index in [9.17, 15) is 4.39 Å². The fraction of sp³-hybridized carbons (Fsp3) is 0.429. The van der Waals surface area contributed by atoms with E-state index in [-0.39, 0.29) is 12.4 Å². The van der Waals surface area contributed by atoms with E-state index >= 15 is 0 Å². The fourth-order valence-corrected chi connectivity index (χ4v) is 2.20. The molecule has 0 amide bonds. The first-order valence-electron chi connectivity index (χ1n) is 5.73. The topological polar surface area (TPSA) is 20.2 Å². The molecule has 17 heavy (non-hydrogen) atoms. The molecule has 1 rings (SSSR count). The molecule has 0 aliphatic carbocycles. The van der Waals surface area contributed by atoms with Gasteiger partial charge < -0.3 is 5.11 Å². The third-order valence-electron chi connectivity index (χ3n) is 2.04. The van der Waals surface area contributed by atoms with Crippen molar-refractivity contribution in [2.24, 2.45) is 0 Å². The number of hydrogen-bond acceptors (Lipinski definition) is 2. The van der Waals surface area contributed by atoms with Gasteiger partial charge >= 0.3 is 0 Å². The number of thioether (sulfide) groups is 1. The van der Waals surface area contributed by atoms with Gasteiger partial charge in [0.05, 0.1) is 6.61 Å². The highest BCUT2D eigenvalue weighted by molar-refractivity contribution is 7.98. The minimum absolute atomic E-state index is 0.0432. The van der Waals surface area contributed by atoms with Crippen LogP contribution in [0.2, 0.25) is 0 Å². The highest BCUT2D eigenvalue weighted by atomic mass is 32.2. The maximum absolute atomic E-state index is 13.3. The Bertz CT molecular complexity index is 406.